The van der Waals surface area contributed by atoms with Crippen LogP contribution in [0.3, 0.4) is 0 Å². The molecular formula is C10H6Cl2N4O2S. The molecule has 0 unspecified atom stereocenters. The second-order valence-corrected chi connectivity index (χ2v) is 4.98. The van der Waals surface area contributed by atoms with Crippen molar-refractivity contribution >= 4 is 57.0 Å². The molecule has 0 spiro atoms. The molecule has 2 aromatic heterocycles. The summed E-state index contributed by atoms with van der Waals surface area (Å²) in [6.45, 7) is 0. The summed E-state index contributed by atoms with van der Waals surface area (Å²) >= 11 is 12.7. The standard InChI is InChI=1S/C10H6Cl2N4O2S/c11-5-3-14-10(12)16-8(5)15-9-4(1-2-19-9)6(17)7(13)18/h1-3H,(H2,13,18)(H,14,15,16). The monoisotopic (exact) mass is 316 g/mol. The van der Waals surface area contributed by atoms with Crippen LogP contribution in [0.2, 0.25) is 10.3 Å². The molecule has 19 heavy (non-hydrogen) atoms. The number of carbonyl (C=O) groups excluding carboxylic acids is 2. The number of ketones is 1. The van der Waals surface area contributed by atoms with Crippen LogP contribution in [0.1, 0.15) is 10.4 Å². The summed E-state index contributed by atoms with van der Waals surface area (Å²) in [6, 6.07) is 1.48. The quantitative estimate of drug-likeness (QED) is 0.512. The van der Waals surface area contributed by atoms with Crippen molar-refractivity contribution in [1.29, 1.82) is 0 Å². The van der Waals surface area contributed by atoms with Gasteiger partial charge >= 0.3 is 0 Å². The second-order valence-electron chi connectivity index (χ2n) is 3.32. The lowest BCUT2D eigenvalue weighted by Gasteiger charge is -2.06. The van der Waals surface area contributed by atoms with E-state index in [0.29, 0.717) is 5.00 Å². The number of Topliss-reactive ketones (excluding diaryl/α,β-unsaturated/α-hetero) is 1. The molecule has 2 rings (SSSR count). The number of anilines is 2. The van der Waals surface area contributed by atoms with Crippen molar-refractivity contribution in [3.63, 3.8) is 0 Å². The van der Waals surface area contributed by atoms with E-state index in [-0.39, 0.29) is 21.7 Å². The van der Waals surface area contributed by atoms with E-state index in [1.807, 2.05) is 0 Å². The lowest BCUT2D eigenvalue weighted by atomic mass is 10.2. The molecule has 0 fully saturated rings. The van der Waals surface area contributed by atoms with Crippen molar-refractivity contribution in [2.24, 2.45) is 5.73 Å². The van der Waals surface area contributed by atoms with Crippen molar-refractivity contribution in [2.45, 2.75) is 0 Å². The van der Waals surface area contributed by atoms with Crippen molar-refractivity contribution in [2.75, 3.05) is 5.32 Å². The molecule has 0 aliphatic heterocycles. The number of nitrogens with zero attached hydrogens (tertiary/aromatic N) is 2. The predicted molar refractivity (Wildman–Crippen MR) is 73.2 cm³/mol. The van der Waals surface area contributed by atoms with E-state index in [9.17, 15) is 9.59 Å². The van der Waals surface area contributed by atoms with Gasteiger partial charge in [-0.05, 0) is 23.0 Å². The molecule has 0 aliphatic rings. The maximum Gasteiger partial charge on any atom is 0.289 e. The summed E-state index contributed by atoms with van der Waals surface area (Å²) in [5.41, 5.74) is 5.11. The fourth-order valence-electron chi connectivity index (χ4n) is 1.26. The summed E-state index contributed by atoms with van der Waals surface area (Å²) in [4.78, 5) is 30.1. The van der Waals surface area contributed by atoms with Gasteiger partial charge in [0.15, 0.2) is 5.82 Å². The maximum atomic E-state index is 11.6. The molecule has 0 radical (unpaired) electrons. The van der Waals surface area contributed by atoms with Gasteiger partial charge in [0.2, 0.25) is 5.28 Å². The fraction of sp³-hybridized carbons (Fsp3) is 0. The molecule has 0 saturated carbocycles. The van der Waals surface area contributed by atoms with Crippen LogP contribution in [0.25, 0.3) is 0 Å². The first-order chi connectivity index (χ1) is 8.99. The Kier molecular flexibility index (Phi) is 3.98. The first kappa shape index (κ1) is 13.7. The van der Waals surface area contributed by atoms with Gasteiger partial charge in [0, 0.05) is 0 Å². The summed E-state index contributed by atoms with van der Waals surface area (Å²) in [5, 5.41) is 5.09. The Morgan fingerprint density at radius 3 is 2.79 bits per heavy atom. The molecule has 0 aromatic carbocycles. The molecule has 0 bridgehead atoms. The van der Waals surface area contributed by atoms with Crippen LogP contribution >= 0.6 is 34.5 Å². The highest BCUT2D eigenvalue weighted by molar-refractivity contribution is 7.14. The van der Waals surface area contributed by atoms with Crippen molar-refractivity contribution in [3.05, 3.63) is 33.5 Å². The van der Waals surface area contributed by atoms with Crippen LogP contribution in [0.5, 0.6) is 0 Å². The van der Waals surface area contributed by atoms with Crippen LogP contribution < -0.4 is 11.1 Å². The van der Waals surface area contributed by atoms with E-state index in [1.165, 1.54) is 23.6 Å². The van der Waals surface area contributed by atoms with Gasteiger partial charge in [-0.2, -0.15) is 4.98 Å². The molecule has 98 valence electrons. The van der Waals surface area contributed by atoms with Gasteiger partial charge in [0.25, 0.3) is 11.7 Å². The molecule has 9 heteroatoms. The number of halogens is 2. The van der Waals surface area contributed by atoms with Crippen molar-refractivity contribution in [1.82, 2.24) is 9.97 Å². The van der Waals surface area contributed by atoms with Crippen molar-refractivity contribution < 1.29 is 9.59 Å². The molecule has 0 aliphatic carbocycles. The van der Waals surface area contributed by atoms with E-state index in [2.05, 4.69) is 15.3 Å². The van der Waals surface area contributed by atoms with Gasteiger partial charge in [-0.25, -0.2) is 4.98 Å². The number of aromatic nitrogens is 2. The van der Waals surface area contributed by atoms with E-state index in [1.54, 1.807) is 5.38 Å². The summed E-state index contributed by atoms with van der Waals surface area (Å²) in [6.07, 6.45) is 1.32. The highest BCUT2D eigenvalue weighted by atomic mass is 35.5. The number of hydrogen-bond donors (Lipinski definition) is 2. The molecular weight excluding hydrogens is 311 g/mol. The normalized spacial score (nSPS) is 10.2. The highest BCUT2D eigenvalue weighted by Gasteiger charge is 2.19. The zero-order chi connectivity index (χ0) is 14.0. The van der Waals surface area contributed by atoms with E-state index < -0.39 is 11.7 Å². The Labute approximate surface area is 121 Å². The third kappa shape index (κ3) is 3.01. The SMILES string of the molecule is NC(=O)C(=O)c1ccsc1Nc1nc(Cl)ncc1Cl. The predicted octanol–water partition coefficient (Wildman–Crippen LogP) is 2.26. The van der Waals surface area contributed by atoms with E-state index >= 15 is 0 Å². The minimum Gasteiger partial charge on any atom is -0.363 e. The highest BCUT2D eigenvalue weighted by Crippen LogP contribution is 2.30. The minimum absolute atomic E-state index is 0.00577. The minimum atomic E-state index is -1.03. The van der Waals surface area contributed by atoms with Crippen LogP contribution in [0, 0.1) is 0 Å². The number of rotatable bonds is 4. The molecule has 2 heterocycles. The largest absolute Gasteiger partial charge is 0.363 e. The van der Waals surface area contributed by atoms with Gasteiger partial charge in [0.05, 0.1) is 11.8 Å². The molecule has 6 nitrogen and oxygen atoms in total. The summed E-state index contributed by atoms with van der Waals surface area (Å²) in [7, 11) is 0. The molecule has 0 saturated heterocycles. The Hall–Kier alpha value is -1.70. The fourth-order valence-corrected chi connectivity index (χ4v) is 2.31. The summed E-state index contributed by atoms with van der Waals surface area (Å²) < 4.78 is 0. The number of carbonyl (C=O) groups is 2. The second kappa shape index (κ2) is 5.52. The maximum absolute atomic E-state index is 11.6. The number of thiophene rings is 1. The number of nitrogens with two attached hydrogens (primary N) is 1. The average molecular weight is 317 g/mol. The van der Waals surface area contributed by atoms with Crippen LogP contribution in [-0.2, 0) is 4.79 Å². The Morgan fingerprint density at radius 1 is 1.37 bits per heavy atom. The molecule has 3 N–H and O–H groups in total. The number of nitrogens with one attached hydrogen (secondary N) is 1. The first-order valence-electron chi connectivity index (χ1n) is 4.85. The zero-order valence-corrected chi connectivity index (χ0v) is 11.5. The van der Waals surface area contributed by atoms with Crippen LogP contribution in [0.4, 0.5) is 10.8 Å². The van der Waals surface area contributed by atoms with E-state index in [0.717, 1.165) is 0 Å². The Bertz CT molecular complexity index is 659. The number of primary amides is 1. The summed E-state index contributed by atoms with van der Waals surface area (Å²) in [5.74, 6) is -1.59. The average Bonchev–Trinajstić information content (AvgIpc) is 2.81. The topological polar surface area (TPSA) is 98.0 Å². The van der Waals surface area contributed by atoms with Crippen LogP contribution in [0.15, 0.2) is 17.6 Å². The Balaban J connectivity index is 2.34. The molecule has 0 atom stereocenters. The first-order valence-corrected chi connectivity index (χ1v) is 6.49. The Morgan fingerprint density at radius 2 is 2.11 bits per heavy atom. The third-order valence-corrected chi connectivity index (χ3v) is 3.37. The van der Waals surface area contributed by atoms with Gasteiger partial charge in [-0.3, -0.25) is 9.59 Å². The number of amides is 1. The molecule has 2 aromatic rings. The molecule has 1 amide bonds. The van der Waals surface area contributed by atoms with Gasteiger partial charge < -0.3 is 11.1 Å². The third-order valence-electron chi connectivity index (χ3n) is 2.08. The van der Waals surface area contributed by atoms with Gasteiger partial charge in [-0.15, -0.1) is 11.3 Å². The zero-order valence-electron chi connectivity index (χ0n) is 9.18. The van der Waals surface area contributed by atoms with Gasteiger partial charge in [-0.1, -0.05) is 11.6 Å². The van der Waals surface area contributed by atoms with E-state index in [4.69, 9.17) is 28.9 Å². The lowest BCUT2D eigenvalue weighted by molar-refractivity contribution is -0.114. The van der Waals surface area contributed by atoms with Gasteiger partial charge in [0.1, 0.15) is 10.0 Å². The van der Waals surface area contributed by atoms with Crippen molar-refractivity contribution in [3.8, 4) is 0 Å². The lowest BCUT2D eigenvalue weighted by Crippen LogP contribution is -2.23. The smallest absolute Gasteiger partial charge is 0.289 e. The number of hydrogen-bond acceptors (Lipinski definition) is 6. The van der Waals surface area contributed by atoms with Crippen LogP contribution in [-0.4, -0.2) is 21.7 Å².